The van der Waals surface area contributed by atoms with Crippen molar-refractivity contribution in [3.8, 4) is 11.5 Å². The number of halogens is 1. The standard InChI is InChI=1S/C28H27BrN2O2/c1-17-6-4-5-7-25(17)33-20-12-13-21-22(14-20)31-27(18-8-10-19(29)11-9-18)26-23(30-21)15-28(2,3)16-24(26)32/h4-14,27,30-31H,15-16H2,1-3H3. The van der Waals surface area contributed by atoms with E-state index in [0.717, 1.165) is 56.2 Å². The molecular formula is C28H27BrN2O2. The molecule has 0 bridgehead atoms. The molecule has 33 heavy (non-hydrogen) atoms. The number of allylic oxidation sites excluding steroid dienone is 1. The van der Waals surface area contributed by atoms with Crippen LogP contribution in [-0.4, -0.2) is 5.78 Å². The Bertz CT molecular complexity index is 1260. The highest BCUT2D eigenvalue weighted by atomic mass is 79.9. The second kappa shape index (κ2) is 8.38. The lowest BCUT2D eigenvalue weighted by molar-refractivity contribution is -0.118. The molecule has 0 amide bonds. The number of hydrogen-bond acceptors (Lipinski definition) is 4. The number of Topliss-reactive ketones (excluding diaryl/α,β-unsaturated/α-hetero) is 1. The minimum Gasteiger partial charge on any atom is -0.457 e. The van der Waals surface area contributed by atoms with Crippen molar-refractivity contribution in [1.82, 2.24) is 0 Å². The van der Waals surface area contributed by atoms with E-state index in [4.69, 9.17) is 4.74 Å². The van der Waals surface area contributed by atoms with Crippen LogP contribution in [0, 0.1) is 12.3 Å². The second-order valence-electron chi connectivity index (χ2n) is 9.66. The number of rotatable bonds is 3. The lowest BCUT2D eigenvalue weighted by atomic mass is 9.73. The zero-order chi connectivity index (χ0) is 23.2. The molecule has 0 aromatic heterocycles. The van der Waals surface area contributed by atoms with Crippen LogP contribution in [0.15, 0.2) is 82.5 Å². The average molecular weight is 503 g/mol. The first-order valence-electron chi connectivity index (χ1n) is 11.2. The molecule has 2 N–H and O–H groups in total. The fraction of sp³-hybridized carbons (Fsp3) is 0.250. The maximum atomic E-state index is 13.4. The normalized spacial score (nSPS) is 19.0. The SMILES string of the molecule is Cc1ccccc1Oc1ccc2c(c1)NC(c1ccc(Br)cc1)C1=C(CC(C)(C)CC1=O)N2. The lowest BCUT2D eigenvalue weighted by Gasteiger charge is -2.34. The summed E-state index contributed by atoms with van der Waals surface area (Å²) in [7, 11) is 0. The van der Waals surface area contributed by atoms with Crippen LogP contribution in [0.4, 0.5) is 11.4 Å². The molecule has 1 unspecified atom stereocenters. The number of ketones is 1. The number of carbonyl (C=O) groups is 1. The van der Waals surface area contributed by atoms with Crippen molar-refractivity contribution >= 4 is 33.1 Å². The molecular weight excluding hydrogens is 476 g/mol. The van der Waals surface area contributed by atoms with Gasteiger partial charge in [0.15, 0.2) is 5.78 Å². The summed E-state index contributed by atoms with van der Waals surface area (Å²) in [5, 5.41) is 7.25. The highest BCUT2D eigenvalue weighted by molar-refractivity contribution is 9.10. The molecule has 3 aromatic rings. The summed E-state index contributed by atoms with van der Waals surface area (Å²) >= 11 is 3.52. The Hall–Kier alpha value is -3.05. The van der Waals surface area contributed by atoms with Crippen LogP contribution in [0.3, 0.4) is 0 Å². The van der Waals surface area contributed by atoms with Crippen LogP contribution < -0.4 is 15.4 Å². The average Bonchev–Trinajstić information content (AvgIpc) is 2.91. The van der Waals surface area contributed by atoms with Gasteiger partial charge in [-0.2, -0.15) is 0 Å². The van der Waals surface area contributed by atoms with E-state index in [2.05, 4.69) is 52.5 Å². The molecule has 168 valence electrons. The first kappa shape index (κ1) is 21.8. The van der Waals surface area contributed by atoms with Gasteiger partial charge in [0.2, 0.25) is 0 Å². The third kappa shape index (κ3) is 4.42. The number of hydrogen-bond donors (Lipinski definition) is 2. The first-order chi connectivity index (χ1) is 15.8. The Morgan fingerprint density at radius 1 is 0.970 bits per heavy atom. The molecule has 2 aliphatic rings. The number of benzene rings is 3. The maximum Gasteiger partial charge on any atom is 0.163 e. The van der Waals surface area contributed by atoms with Crippen LogP contribution in [0.1, 0.15) is 43.9 Å². The Morgan fingerprint density at radius 3 is 2.48 bits per heavy atom. The zero-order valence-electron chi connectivity index (χ0n) is 19.0. The van der Waals surface area contributed by atoms with Gasteiger partial charge in [0, 0.05) is 28.2 Å². The Morgan fingerprint density at radius 2 is 1.73 bits per heavy atom. The molecule has 3 aromatic carbocycles. The van der Waals surface area contributed by atoms with Crippen molar-refractivity contribution in [1.29, 1.82) is 0 Å². The van der Waals surface area contributed by atoms with Gasteiger partial charge in [-0.3, -0.25) is 4.79 Å². The summed E-state index contributed by atoms with van der Waals surface area (Å²) in [6.07, 6.45) is 1.36. The quantitative estimate of drug-likeness (QED) is 0.383. The molecule has 4 nitrogen and oxygen atoms in total. The molecule has 1 heterocycles. The highest BCUT2D eigenvalue weighted by Crippen LogP contribution is 2.46. The van der Waals surface area contributed by atoms with E-state index in [1.54, 1.807) is 0 Å². The van der Waals surface area contributed by atoms with Gasteiger partial charge >= 0.3 is 0 Å². The monoisotopic (exact) mass is 502 g/mol. The number of para-hydroxylation sites is 1. The van der Waals surface area contributed by atoms with Gasteiger partial charge in [0.1, 0.15) is 11.5 Å². The van der Waals surface area contributed by atoms with Crippen LogP contribution in [0.25, 0.3) is 0 Å². The zero-order valence-corrected chi connectivity index (χ0v) is 20.6. The van der Waals surface area contributed by atoms with E-state index in [9.17, 15) is 4.79 Å². The van der Waals surface area contributed by atoms with Crippen LogP contribution in [-0.2, 0) is 4.79 Å². The maximum absolute atomic E-state index is 13.4. The van der Waals surface area contributed by atoms with Gasteiger partial charge in [-0.15, -0.1) is 0 Å². The van der Waals surface area contributed by atoms with Crippen molar-refractivity contribution in [2.24, 2.45) is 5.41 Å². The van der Waals surface area contributed by atoms with Gasteiger partial charge in [0.25, 0.3) is 0 Å². The topological polar surface area (TPSA) is 50.4 Å². The van der Waals surface area contributed by atoms with Crippen LogP contribution >= 0.6 is 15.9 Å². The van der Waals surface area contributed by atoms with E-state index in [1.165, 1.54) is 0 Å². The van der Waals surface area contributed by atoms with Gasteiger partial charge in [-0.05, 0) is 60.2 Å². The van der Waals surface area contributed by atoms with Crippen molar-refractivity contribution in [3.63, 3.8) is 0 Å². The Labute approximate surface area is 203 Å². The highest BCUT2D eigenvalue weighted by Gasteiger charge is 2.38. The molecule has 0 radical (unpaired) electrons. The minimum absolute atomic E-state index is 0.0778. The second-order valence-corrected chi connectivity index (χ2v) is 10.6. The summed E-state index contributed by atoms with van der Waals surface area (Å²) in [6.45, 7) is 6.35. The number of aryl methyl sites for hydroxylation is 1. The summed E-state index contributed by atoms with van der Waals surface area (Å²) < 4.78 is 7.20. The van der Waals surface area contributed by atoms with Crippen molar-refractivity contribution in [2.75, 3.05) is 10.6 Å². The smallest absolute Gasteiger partial charge is 0.163 e. The molecule has 1 aliphatic carbocycles. The lowest BCUT2D eigenvalue weighted by Crippen LogP contribution is -2.31. The van der Waals surface area contributed by atoms with E-state index < -0.39 is 0 Å². The molecule has 0 fully saturated rings. The van der Waals surface area contributed by atoms with Gasteiger partial charge < -0.3 is 15.4 Å². The molecule has 5 rings (SSSR count). The van der Waals surface area contributed by atoms with E-state index >= 15 is 0 Å². The van der Waals surface area contributed by atoms with Crippen molar-refractivity contribution < 1.29 is 9.53 Å². The van der Waals surface area contributed by atoms with Crippen molar-refractivity contribution in [2.45, 2.75) is 39.7 Å². The number of carbonyl (C=O) groups excluding carboxylic acids is 1. The van der Waals surface area contributed by atoms with Crippen LogP contribution in [0.5, 0.6) is 11.5 Å². The summed E-state index contributed by atoms with van der Waals surface area (Å²) in [5.41, 5.74) is 5.75. The first-order valence-corrected chi connectivity index (χ1v) is 12.0. The van der Waals surface area contributed by atoms with Gasteiger partial charge in [-0.25, -0.2) is 0 Å². The predicted molar refractivity (Wildman–Crippen MR) is 137 cm³/mol. The third-order valence-electron chi connectivity index (χ3n) is 6.31. The Balaban J connectivity index is 1.57. The minimum atomic E-state index is -0.237. The third-order valence-corrected chi connectivity index (χ3v) is 6.84. The summed E-state index contributed by atoms with van der Waals surface area (Å²) in [5.74, 6) is 1.77. The number of fused-ring (bicyclic) bond motifs is 1. The molecule has 5 heteroatoms. The largest absolute Gasteiger partial charge is 0.457 e. The fourth-order valence-corrected chi connectivity index (χ4v) is 4.95. The number of anilines is 2. The fourth-order valence-electron chi connectivity index (χ4n) is 4.69. The summed E-state index contributed by atoms with van der Waals surface area (Å²) in [4.78, 5) is 13.4. The van der Waals surface area contributed by atoms with E-state index in [0.29, 0.717) is 6.42 Å². The molecule has 1 atom stereocenters. The summed E-state index contributed by atoms with van der Waals surface area (Å²) in [6, 6.07) is 21.9. The van der Waals surface area contributed by atoms with E-state index in [1.807, 2.05) is 61.5 Å². The molecule has 0 saturated carbocycles. The predicted octanol–water partition coefficient (Wildman–Crippen LogP) is 7.77. The van der Waals surface area contributed by atoms with Crippen molar-refractivity contribution in [3.05, 3.63) is 93.6 Å². The van der Waals surface area contributed by atoms with Gasteiger partial charge in [-0.1, -0.05) is 60.1 Å². The molecule has 0 saturated heterocycles. The van der Waals surface area contributed by atoms with Gasteiger partial charge in [0.05, 0.1) is 17.4 Å². The molecule has 0 spiro atoms. The number of ether oxygens (including phenoxy) is 1. The van der Waals surface area contributed by atoms with E-state index in [-0.39, 0.29) is 17.2 Å². The molecule has 1 aliphatic heterocycles. The van der Waals surface area contributed by atoms with Crippen LogP contribution in [0.2, 0.25) is 0 Å². The number of nitrogens with one attached hydrogen (secondary N) is 2. The Kier molecular flexibility index (Phi) is 5.53.